The average molecular weight is 303 g/mol. The van der Waals surface area contributed by atoms with Gasteiger partial charge in [0.1, 0.15) is 5.66 Å². The van der Waals surface area contributed by atoms with E-state index in [9.17, 15) is 4.79 Å². The first-order valence-corrected chi connectivity index (χ1v) is 9.22. The molecule has 4 heteroatoms. The summed E-state index contributed by atoms with van der Waals surface area (Å²) >= 11 is 0. The minimum absolute atomic E-state index is 0.246. The van der Waals surface area contributed by atoms with Gasteiger partial charge in [-0.15, -0.1) is 0 Å². The molecule has 0 aromatic heterocycles. The van der Waals surface area contributed by atoms with E-state index in [4.69, 9.17) is 4.99 Å². The number of nitrogens with zero attached hydrogens (tertiary/aromatic N) is 2. The van der Waals surface area contributed by atoms with E-state index in [0.29, 0.717) is 12.0 Å². The van der Waals surface area contributed by atoms with Crippen LogP contribution in [0.1, 0.15) is 65.2 Å². The van der Waals surface area contributed by atoms with Gasteiger partial charge in [0.25, 0.3) is 0 Å². The van der Waals surface area contributed by atoms with Crippen molar-refractivity contribution >= 4 is 11.6 Å². The highest BCUT2D eigenvalue weighted by Crippen LogP contribution is 2.47. The molecule has 2 saturated carbocycles. The van der Waals surface area contributed by atoms with E-state index in [1.807, 2.05) is 0 Å². The van der Waals surface area contributed by atoms with Gasteiger partial charge >= 0.3 is 0 Å². The fourth-order valence-electron chi connectivity index (χ4n) is 5.19. The molecule has 122 valence electrons. The number of carbonyl (C=O) groups is 1. The Bertz CT molecular complexity index is 506. The van der Waals surface area contributed by atoms with E-state index >= 15 is 0 Å². The van der Waals surface area contributed by atoms with Gasteiger partial charge in [0.15, 0.2) is 0 Å². The third-order valence-electron chi connectivity index (χ3n) is 6.49. The number of carbonyl (C=O) groups excluding carboxylic acids is 1. The Hall–Kier alpha value is -0.900. The van der Waals surface area contributed by atoms with Crippen molar-refractivity contribution in [3.8, 4) is 0 Å². The van der Waals surface area contributed by atoms with E-state index in [0.717, 1.165) is 32.4 Å². The molecular weight excluding hydrogens is 274 g/mol. The molecule has 2 bridgehead atoms. The Kier molecular flexibility index (Phi) is 3.37. The summed E-state index contributed by atoms with van der Waals surface area (Å²) in [6, 6.07) is 0.511. The summed E-state index contributed by atoms with van der Waals surface area (Å²) in [7, 11) is 0. The summed E-state index contributed by atoms with van der Waals surface area (Å²) < 4.78 is 0. The van der Waals surface area contributed by atoms with E-state index < -0.39 is 0 Å². The molecule has 1 saturated heterocycles. The maximum atomic E-state index is 13.2. The number of rotatable bonds is 1. The van der Waals surface area contributed by atoms with Gasteiger partial charge in [0, 0.05) is 30.8 Å². The van der Waals surface area contributed by atoms with Crippen LogP contribution in [0.2, 0.25) is 0 Å². The van der Waals surface area contributed by atoms with Crippen molar-refractivity contribution in [3.63, 3.8) is 0 Å². The van der Waals surface area contributed by atoms with Gasteiger partial charge in [-0.25, -0.2) is 0 Å². The van der Waals surface area contributed by atoms with Crippen LogP contribution in [0.5, 0.6) is 0 Å². The zero-order chi connectivity index (χ0) is 15.4. The summed E-state index contributed by atoms with van der Waals surface area (Å²) in [6.45, 7) is 6.47. The highest BCUT2D eigenvalue weighted by atomic mass is 16.2. The van der Waals surface area contributed by atoms with Gasteiger partial charge in [-0.1, -0.05) is 12.8 Å². The van der Waals surface area contributed by atoms with Crippen LogP contribution in [0.3, 0.4) is 0 Å². The average Bonchev–Trinajstić information content (AvgIpc) is 2.47. The summed E-state index contributed by atoms with van der Waals surface area (Å²) in [6.07, 6.45) is 9.16. The number of amides is 1. The molecule has 2 atom stereocenters. The van der Waals surface area contributed by atoms with Crippen molar-refractivity contribution in [1.82, 2.24) is 10.2 Å². The van der Waals surface area contributed by atoms with E-state index in [1.165, 1.54) is 37.8 Å². The number of aliphatic imine (C=N–C) groups is 1. The molecule has 2 aliphatic heterocycles. The van der Waals surface area contributed by atoms with Crippen molar-refractivity contribution in [1.29, 1.82) is 0 Å². The maximum absolute atomic E-state index is 13.2. The second-order valence-electron chi connectivity index (χ2n) is 8.24. The molecule has 2 unspecified atom stereocenters. The van der Waals surface area contributed by atoms with Gasteiger partial charge < -0.3 is 5.32 Å². The summed E-state index contributed by atoms with van der Waals surface area (Å²) in [4.78, 5) is 21.0. The smallest absolute Gasteiger partial charge is 0.235 e. The topological polar surface area (TPSA) is 44.7 Å². The largest absolute Gasteiger partial charge is 0.331 e. The molecule has 4 rings (SSSR count). The molecule has 0 radical (unpaired) electrons. The van der Waals surface area contributed by atoms with Crippen LogP contribution in [0.4, 0.5) is 0 Å². The lowest BCUT2D eigenvalue weighted by Gasteiger charge is -2.55. The molecule has 0 aromatic rings. The van der Waals surface area contributed by atoms with Crippen LogP contribution in [0, 0.1) is 11.3 Å². The molecule has 1 N–H and O–H groups in total. The number of hydrogen-bond donors (Lipinski definition) is 1. The van der Waals surface area contributed by atoms with Crippen LogP contribution in [0.25, 0.3) is 0 Å². The lowest BCUT2D eigenvalue weighted by molar-refractivity contribution is -0.134. The number of likely N-dealkylation sites (tertiary alicyclic amines) is 1. The van der Waals surface area contributed by atoms with Crippen molar-refractivity contribution < 1.29 is 4.79 Å². The van der Waals surface area contributed by atoms with Gasteiger partial charge in [0.05, 0.1) is 5.41 Å². The normalized spacial score (nSPS) is 37.7. The monoisotopic (exact) mass is 303 g/mol. The molecular formula is C18H29N3O. The molecule has 2 heterocycles. The lowest BCUT2D eigenvalue weighted by Crippen LogP contribution is -2.69. The quantitative estimate of drug-likeness (QED) is 0.809. The minimum Gasteiger partial charge on any atom is -0.331 e. The molecule has 4 nitrogen and oxygen atoms in total. The molecule has 3 fully saturated rings. The first-order valence-electron chi connectivity index (χ1n) is 9.22. The second kappa shape index (κ2) is 5.05. The summed E-state index contributed by atoms with van der Waals surface area (Å²) in [5, 5.41) is 3.38. The molecule has 1 amide bonds. The predicted molar refractivity (Wildman–Crippen MR) is 87.9 cm³/mol. The fraction of sp³-hybridized carbons (Fsp3) is 0.889. The third kappa shape index (κ3) is 2.06. The highest BCUT2D eigenvalue weighted by Gasteiger charge is 2.57. The van der Waals surface area contributed by atoms with Gasteiger partial charge in [-0.2, -0.15) is 0 Å². The van der Waals surface area contributed by atoms with Crippen LogP contribution < -0.4 is 5.32 Å². The van der Waals surface area contributed by atoms with Crippen molar-refractivity contribution in [2.24, 2.45) is 16.3 Å². The number of hydrogen-bond acceptors (Lipinski definition) is 3. The van der Waals surface area contributed by atoms with Crippen LogP contribution in [0.15, 0.2) is 4.99 Å². The molecule has 22 heavy (non-hydrogen) atoms. The maximum Gasteiger partial charge on any atom is 0.235 e. The van der Waals surface area contributed by atoms with Gasteiger partial charge in [0.2, 0.25) is 5.91 Å². The van der Waals surface area contributed by atoms with Crippen LogP contribution in [-0.4, -0.2) is 41.3 Å². The Morgan fingerprint density at radius 2 is 1.95 bits per heavy atom. The number of piperidine rings is 1. The summed E-state index contributed by atoms with van der Waals surface area (Å²) in [5.74, 6) is 0.796. The van der Waals surface area contributed by atoms with E-state index in [1.54, 1.807) is 0 Å². The first kappa shape index (κ1) is 14.7. The number of nitrogens with one attached hydrogen (secondary N) is 1. The SMILES string of the molecule is CC(C)N1CC2CCCC3(C1)C(=O)NC1(CCCCC1)N=C23. The Morgan fingerprint density at radius 1 is 1.18 bits per heavy atom. The van der Waals surface area contributed by atoms with Crippen molar-refractivity contribution in [3.05, 3.63) is 0 Å². The van der Waals surface area contributed by atoms with Crippen LogP contribution in [-0.2, 0) is 4.79 Å². The van der Waals surface area contributed by atoms with E-state index in [-0.39, 0.29) is 17.0 Å². The molecule has 4 aliphatic rings. The van der Waals surface area contributed by atoms with Crippen molar-refractivity contribution in [2.75, 3.05) is 13.1 Å². The Morgan fingerprint density at radius 3 is 2.68 bits per heavy atom. The second-order valence-corrected chi connectivity index (χ2v) is 8.24. The molecule has 1 spiro atoms. The fourth-order valence-corrected chi connectivity index (χ4v) is 5.19. The molecule has 0 aromatic carbocycles. The van der Waals surface area contributed by atoms with Crippen LogP contribution >= 0.6 is 0 Å². The first-order chi connectivity index (χ1) is 10.5. The standard InChI is InChI=1S/C18H29N3O/c1-13(2)21-11-14-7-6-8-17(12-21)15(14)19-18(20-16(17)22)9-4-3-5-10-18/h13-14H,3-12H2,1-2H3,(H,20,22). The third-order valence-corrected chi connectivity index (χ3v) is 6.49. The zero-order valence-corrected chi connectivity index (χ0v) is 14.0. The zero-order valence-electron chi connectivity index (χ0n) is 14.0. The Labute approximate surface area is 133 Å². The van der Waals surface area contributed by atoms with Crippen molar-refractivity contribution in [2.45, 2.75) is 76.9 Å². The predicted octanol–water partition coefficient (Wildman–Crippen LogP) is 2.73. The minimum atomic E-state index is -0.311. The highest BCUT2D eigenvalue weighted by molar-refractivity contribution is 6.12. The Balaban J connectivity index is 1.74. The van der Waals surface area contributed by atoms with E-state index in [2.05, 4.69) is 24.1 Å². The molecule has 2 aliphatic carbocycles. The summed E-state index contributed by atoms with van der Waals surface area (Å²) in [5.41, 5.74) is 0.721. The van der Waals surface area contributed by atoms with Gasteiger partial charge in [-0.3, -0.25) is 14.7 Å². The lowest BCUT2D eigenvalue weighted by atomic mass is 9.62. The van der Waals surface area contributed by atoms with Gasteiger partial charge in [-0.05, 0) is 52.4 Å².